The second-order valence-corrected chi connectivity index (χ2v) is 6.17. The normalized spacial score (nSPS) is 10.8. The van der Waals surface area contributed by atoms with Crippen molar-refractivity contribution in [1.29, 1.82) is 0 Å². The lowest BCUT2D eigenvalue weighted by molar-refractivity contribution is -0.385. The molecule has 2 aromatic carbocycles. The number of aromatic nitrogens is 3. The Bertz CT molecular complexity index is 1220. The van der Waals surface area contributed by atoms with Gasteiger partial charge in [-0.3, -0.25) is 14.9 Å². The fourth-order valence-corrected chi connectivity index (χ4v) is 2.94. The van der Waals surface area contributed by atoms with Crippen LogP contribution in [-0.2, 0) is 0 Å². The van der Waals surface area contributed by atoms with Gasteiger partial charge in [-0.15, -0.1) is 0 Å². The maximum atomic E-state index is 12.7. The van der Waals surface area contributed by atoms with Crippen LogP contribution in [0.1, 0.15) is 16.1 Å². The number of carbonyl (C=O) groups excluding carboxylic acids is 1. The van der Waals surface area contributed by atoms with Gasteiger partial charge in [0.25, 0.3) is 11.6 Å². The van der Waals surface area contributed by atoms with Gasteiger partial charge in [-0.1, -0.05) is 30.3 Å². The third-order valence-electron chi connectivity index (χ3n) is 4.22. The molecule has 0 saturated heterocycles. The number of nitro groups is 1. The highest BCUT2D eigenvalue weighted by molar-refractivity contribution is 6.06. The topological polar surface area (TPSA) is 103 Å². The summed E-state index contributed by atoms with van der Waals surface area (Å²) in [4.78, 5) is 27.9. The Kier molecular flexibility index (Phi) is 4.29. The maximum absolute atomic E-state index is 12.7. The number of rotatable bonds is 4. The van der Waals surface area contributed by atoms with Crippen molar-refractivity contribution in [1.82, 2.24) is 14.8 Å². The number of nitrogens with one attached hydrogen (secondary N) is 1. The molecule has 1 N–H and O–H groups in total. The van der Waals surface area contributed by atoms with E-state index < -0.39 is 10.8 Å². The van der Waals surface area contributed by atoms with Crippen molar-refractivity contribution < 1.29 is 9.72 Å². The van der Waals surface area contributed by atoms with Crippen LogP contribution in [0.3, 0.4) is 0 Å². The number of anilines is 1. The number of hydrogen-bond acceptors (Lipinski definition) is 5. The van der Waals surface area contributed by atoms with E-state index in [1.54, 1.807) is 25.1 Å². The van der Waals surface area contributed by atoms with Crippen molar-refractivity contribution in [2.45, 2.75) is 6.92 Å². The molecule has 4 rings (SSSR count). The molecule has 0 fully saturated rings. The average Bonchev–Trinajstić information content (AvgIpc) is 3.07. The minimum absolute atomic E-state index is 0.0237. The molecule has 0 radical (unpaired) electrons. The zero-order valence-corrected chi connectivity index (χ0v) is 14.9. The van der Waals surface area contributed by atoms with Crippen LogP contribution in [0.2, 0.25) is 0 Å². The van der Waals surface area contributed by atoms with E-state index in [1.165, 1.54) is 22.9 Å². The average molecular weight is 373 g/mol. The van der Waals surface area contributed by atoms with E-state index in [1.807, 2.05) is 30.3 Å². The highest BCUT2D eigenvalue weighted by Gasteiger charge is 2.21. The molecule has 0 aliphatic rings. The van der Waals surface area contributed by atoms with Crippen molar-refractivity contribution in [3.63, 3.8) is 0 Å². The third kappa shape index (κ3) is 3.18. The predicted octanol–water partition coefficient (Wildman–Crippen LogP) is 3.89. The van der Waals surface area contributed by atoms with Gasteiger partial charge in [-0.25, -0.2) is 4.98 Å². The molecule has 8 nitrogen and oxygen atoms in total. The van der Waals surface area contributed by atoms with Gasteiger partial charge in [-0.05, 0) is 31.2 Å². The molecule has 2 heterocycles. The number of para-hydroxylation sites is 2. The van der Waals surface area contributed by atoms with E-state index in [0.717, 1.165) is 10.9 Å². The second kappa shape index (κ2) is 6.92. The predicted molar refractivity (Wildman–Crippen MR) is 105 cm³/mol. The van der Waals surface area contributed by atoms with Crippen LogP contribution in [0.4, 0.5) is 11.5 Å². The maximum Gasteiger partial charge on any atom is 0.282 e. The first-order chi connectivity index (χ1) is 13.5. The van der Waals surface area contributed by atoms with E-state index in [0.29, 0.717) is 17.3 Å². The van der Waals surface area contributed by atoms with Crippen LogP contribution in [0.15, 0.2) is 66.7 Å². The highest BCUT2D eigenvalue weighted by Crippen LogP contribution is 2.22. The Morgan fingerprint density at radius 3 is 2.64 bits per heavy atom. The fourth-order valence-electron chi connectivity index (χ4n) is 2.94. The molecule has 0 spiro atoms. The quantitative estimate of drug-likeness (QED) is 0.432. The molecule has 0 aliphatic carbocycles. The second-order valence-electron chi connectivity index (χ2n) is 6.17. The Morgan fingerprint density at radius 1 is 1.07 bits per heavy atom. The first-order valence-corrected chi connectivity index (χ1v) is 8.50. The van der Waals surface area contributed by atoms with Crippen LogP contribution >= 0.6 is 0 Å². The monoisotopic (exact) mass is 373 g/mol. The molecule has 8 heteroatoms. The number of aryl methyl sites for hydroxylation is 1. The van der Waals surface area contributed by atoms with Gasteiger partial charge < -0.3 is 5.32 Å². The van der Waals surface area contributed by atoms with Crippen LogP contribution in [0.25, 0.3) is 16.7 Å². The number of amides is 1. The van der Waals surface area contributed by atoms with Gasteiger partial charge in [0, 0.05) is 17.5 Å². The zero-order chi connectivity index (χ0) is 19.7. The van der Waals surface area contributed by atoms with Crippen LogP contribution in [0, 0.1) is 17.0 Å². The molecule has 0 aliphatic heterocycles. The van der Waals surface area contributed by atoms with Crippen molar-refractivity contribution in [3.8, 4) is 5.82 Å². The smallest absolute Gasteiger partial charge is 0.282 e. The number of carbonyl (C=O) groups is 1. The molecule has 2 aromatic heterocycles. The minimum Gasteiger partial charge on any atom is -0.306 e. The number of benzene rings is 2. The number of hydrogen-bond donors (Lipinski definition) is 1. The van der Waals surface area contributed by atoms with Crippen molar-refractivity contribution in [2.75, 3.05) is 5.32 Å². The summed E-state index contributed by atoms with van der Waals surface area (Å²) in [5.41, 5.74) is 1.19. The molecule has 0 unspecified atom stereocenters. The molecule has 0 saturated carbocycles. The Labute approximate surface area is 159 Å². The first kappa shape index (κ1) is 17.3. The first-order valence-electron chi connectivity index (χ1n) is 8.50. The van der Waals surface area contributed by atoms with Gasteiger partial charge in [0.2, 0.25) is 0 Å². The molecular formula is C20H15N5O3. The lowest BCUT2D eigenvalue weighted by Gasteiger charge is -2.09. The summed E-state index contributed by atoms with van der Waals surface area (Å²) < 4.78 is 1.51. The van der Waals surface area contributed by atoms with Crippen molar-refractivity contribution in [2.24, 2.45) is 0 Å². The summed E-state index contributed by atoms with van der Waals surface area (Å²) in [6.45, 7) is 1.79. The minimum atomic E-state index is -0.589. The van der Waals surface area contributed by atoms with E-state index in [9.17, 15) is 14.9 Å². The Balaban J connectivity index is 1.72. The summed E-state index contributed by atoms with van der Waals surface area (Å²) in [5.74, 6) is 0.322. The number of nitrogens with zero attached hydrogens (tertiary/aromatic N) is 4. The Hall–Kier alpha value is -4.07. The molecule has 138 valence electrons. The van der Waals surface area contributed by atoms with Gasteiger partial charge in [0.05, 0.1) is 16.1 Å². The molecular weight excluding hydrogens is 358 g/mol. The standard InChI is InChI=1S/C20H15N5O3/c1-13-12-19(22-20(26)15-7-3-5-9-17(15)25(27)28)24(23-13)18-11-10-14-6-2-4-8-16(14)21-18/h2-12H,1H3,(H,22,26). The van der Waals surface area contributed by atoms with Crippen molar-refractivity contribution in [3.05, 3.63) is 88.1 Å². The Morgan fingerprint density at radius 2 is 1.82 bits per heavy atom. The van der Waals surface area contributed by atoms with Gasteiger partial charge >= 0.3 is 0 Å². The molecule has 1 amide bonds. The van der Waals surface area contributed by atoms with Gasteiger partial charge in [0.1, 0.15) is 11.4 Å². The number of fused-ring (bicyclic) bond motifs is 1. The van der Waals surface area contributed by atoms with Crippen molar-refractivity contribution >= 4 is 28.3 Å². The molecule has 28 heavy (non-hydrogen) atoms. The van der Waals surface area contributed by atoms with E-state index in [4.69, 9.17) is 0 Å². The fraction of sp³-hybridized carbons (Fsp3) is 0.0500. The summed E-state index contributed by atoms with van der Waals surface area (Å²) in [5, 5.41) is 19.3. The lowest BCUT2D eigenvalue weighted by Crippen LogP contribution is -2.17. The van der Waals surface area contributed by atoms with Crippen LogP contribution < -0.4 is 5.32 Å². The number of pyridine rings is 1. The SMILES string of the molecule is Cc1cc(NC(=O)c2ccccc2[N+](=O)[O-])n(-c2ccc3ccccc3n2)n1. The summed E-state index contributed by atoms with van der Waals surface area (Å²) in [6, 6.07) is 18.9. The summed E-state index contributed by atoms with van der Waals surface area (Å²) in [6.07, 6.45) is 0. The van der Waals surface area contributed by atoms with Crippen LogP contribution in [-0.4, -0.2) is 25.6 Å². The molecule has 0 bridgehead atoms. The third-order valence-corrected chi connectivity index (χ3v) is 4.22. The van der Waals surface area contributed by atoms with Crippen LogP contribution in [0.5, 0.6) is 0 Å². The molecule has 4 aromatic rings. The van der Waals surface area contributed by atoms with Gasteiger partial charge in [0.15, 0.2) is 5.82 Å². The van der Waals surface area contributed by atoms with Gasteiger partial charge in [-0.2, -0.15) is 9.78 Å². The molecule has 0 atom stereocenters. The largest absolute Gasteiger partial charge is 0.306 e. The lowest BCUT2D eigenvalue weighted by atomic mass is 10.1. The summed E-state index contributed by atoms with van der Waals surface area (Å²) in [7, 11) is 0. The van der Waals surface area contributed by atoms with E-state index in [-0.39, 0.29) is 11.3 Å². The highest BCUT2D eigenvalue weighted by atomic mass is 16.6. The summed E-state index contributed by atoms with van der Waals surface area (Å²) >= 11 is 0. The van der Waals surface area contributed by atoms with E-state index >= 15 is 0 Å². The zero-order valence-electron chi connectivity index (χ0n) is 14.9. The number of nitro benzene ring substituents is 1. The van der Waals surface area contributed by atoms with E-state index in [2.05, 4.69) is 15.4 Å².